The van der Waals surface area contributed by atoms with Crippen molar-refractivity contribution >= 4 is 5.97 Å². The molecule has 0 aliphatic heterocycles. The number of rotatable bonds is 6. The molecule has 0 bridgehead atoms. The molecule has 0 aromatic heterocycles. The fourth-order valence-corrected chi connectivity index (χ4v) is 1.76. The average Bonchev–Trinajstić information content (AvgIpc) is 2.48. The van der Waals surface area contributed by atoms with E-state index in [9.17, 15) is 31.1 Å². The standard InChI is InChI=1S/C15H16F6O3/c1-3-9(2)10-4-6-11(7-5-10)23-8-12(22)24-13(14(16,17)18)15(19,20)21/h4-7,9,13H,3,8H2,1-2H3. The number of esters is 1. The van der Waals surface area contributed by atoms with Crippen molar-refractivity contribution in [1.82, 2.24) is 0 Å². The van der Waals surface area contributed by atoms with Crippen LogP contribution in [0.2, 0.25) is 0 Å². The van der Waals surface area contributed by atoms with Crippen molar-refractivity contribution in [2.75, 3.05) is 6.61 Å². The quantitative estimate of drug-likeness (QED) is 0.550. The topological polar surface area (TPSA) is 35.5 Å². The van der Waals surface area contributed by atoms with E-state index in [2.05, 4.69) is 4.74 Å². The predicted octanol–water partition coefficient (Wildman–Crippen LogP) is 4.62. The van der Waals surface area contributed by atoms with Crippen LogP contribution in [0.25, 0.3) is 0 Å². The Hall–Kier alpha value is -1.93. The Kier molecular flexibility index (Phi) is 6.50. The number of benzene rings is 1. The maximum absolute atomic E-state index is 12.3. The van der Waals surface area contributed by atoms with Crippen LogP contribution in [0.4, 0.5) is 26.3 Å². The van der Waals surface area contributed by atoms with Gasteiger partial charge in [-0.3, -0.25) is 0 Å². The molecule has 1 unspecified atom stereocenters. The summed E-state index contributed by atoms with van der Waals surface area (Å²) in [6, 6.07) is 6.34. The summed E-state index contributed by atoms with van der Waals surface area (Å²) < 4.78 is 81.9. The first kappa shape index (κ1) is 20.1. The summed E-state index contributed by atoms with van der Waals surface area (Å²) in [5, 5.41) is 0. The molecule has 0 saturated heterocycles. The fraction of sp³-hybridized carbons (Fsp3) is 0.533. The van der Waals surface area contributed by atoms with Gasteiger partial charge in [0.1, 0.15) is 5.75 Å². The summed E-state index contributed by atoms with van der Waals surface area (Å²) >= 11 is 0. The molecule has 1 atom stereocenters. The van der Waals surface area contributed by atoms with Crippen LogP contribution in [0.1, 0.15) is 31.7 Å². The van der Waals surface area contributed by atoms with Gasteiger partial charge in [0, 0.05) is 0 Å². The molecule has 0 aliphatic carbocycles. The largest absolute Gasteiger partial charge is 0.482 e. The van der Waals surface area contributed by atoms with Gasteiger partial charge in [0.15, 0.2) is 6.61 Å². The fourth-order valence-electron chi connectivity index (χ4n) is 1.76. The highest BCUT2D eigenvalue weighted by Gasteiger charge is 2.59. The van der Waals surface area contributed by atoms with Crippen LogP contribution in [-0.2, 0) is 9.53 Å². The van der Waals surface area contributed by atoms with E-state index >= 15 is 0 Å². The van der Waals surface area contributed by atoms with Crippen LogP contribution in [0, 0.1) is 0 Å². The molecule has 136 valence electrons. The van der Waals surface area contributed by atoms with E-state index in [4.69, 9.17) is 4.74 Å². The molecule has 3 nitrogen and oxygen atoms in total. The summed E-state index contributed by atoms with van der Waals surface area (Å²) in [4.78, 5) is 11.2. The zero-order valence-electron chi connectivity index (χ0n) is 12.9. The third-order valence-corrected chi connectivity index (χ3v) is 3.26. The monoisotopic (exact) mass is 358 g/mol. The second kappa shape index (κ2) is 7.76. The van der Waals surface area contributed by atoms with Gasteiger partial charge in [-0.05, 0) is 30.0 Å². The zero-order chi connectivity index (χ0) is 18.5. The second-order valence-corrected chi connectivity index (χ2v) is 5.12. The molecule has 0 N–H and O–H groups in total. The van der Waals surface area contributed by atoms with Crippen LogP contribution in [0.15, 0.2) is 24.3 Å². The van der Waals surface area contributed by atoms with Crippen LogP contribution in [0.3, 0.4) is 0 Å². The molecule has 0 radical (unpaired) electrons. The zero-order valence-corrected chi connectivity index (χ0v) is 12.9. The number of halogens is 6. The van der Waals surface area contributed by atoms with Crippen molar-refractivity contribution in [1.29, 1.82) is 0 Å². The summed E-state index contributed by atoms with van der Waals surface area (Å²) in [5.41, 5.74) is 0.988. The number of carbonyl (C=O) groups is 1. The molecule has 24 heavy (non-hydrogen) atoms. The van der Waals surface area contributed by atoms with Gasteiger partial charge < -0.3 is 9.47 Å². The molecule has 0 amide bonds. The highest BCUT2D eigenvalue weighted by atomic mass is 19.4. The van der Waals surface area contributed by atoms with Gasteiger partial charge in [0.25, 0.3) is 6.10 Å². The molecule has 1 aromatic carbocycles. The molecule has 0 saturated carbocycles. The van der Waals surface area contributed by atoms with Crippen molar-refractivity contribution in [2.24, 2.45) is 0 Å². The molecule has 0 aliphatic rings. The summed E-state index contributed by atoms with van der Waals surface area (Å²) in [6.07, 6.45) is -14.8. The average molecular weight is 358 g/mol. The predicted molar refractivity (Wildman–Crippen MR) is 72.6 cm³/mol. The third-order valence-electron chi connectivity index (χ3n) is 3.26. The number of carbonyl (C=O) groups excluding carboxylic acids is 1. The Bertz CT molecular complexity index is 522. The first-order valence-corrected chi connectivity index (χ1v) is 7.00. The molecular formula is C15H16F6O3. The van der Waals surface area contributed by atoms with E-state index in [1.54, 1.807) is 12.1 Å². The first-order valence-electron chi connectivity index (χ1n) is 7.00. The third kappa shape index (κ3) is 5.93. The highest BCUT2D eigenvalue weighted by molar-refractivity contribution is 5.71. The Morgan fingerprint density at radius 1 is 1.04 bits per heavy atom. The van der Waals surface area contributed by atoms with Crippen LogP contribution < -0.4 is 4.74 Å². The molecule has 1 aromatic rings. The Morgan fingerprint density at radius 3 is 1.96 bits per heavy atom. The lowest BCUT2D eigenvalue weighted by Crippen LogP contribution is -2.46. The molecule has 0 spiro atoms. The number of alkyl halides is 6. The molecule has 0 fully saturated rings. The lowest BCUT2D eigenvalue weighted by molar-refractivity contribution is -0.313. The van der Waals surface area contributed by atoms with Gasteiger partial charge in [-0.15, -0.1) is 0 Å². The molecule has 9 heteroatoms. The lowest BCUT2D eigenvalue weighted by atomic mass is 9.99. The van der Waals surface area contributed by atoms with E-state index in [1.165, 1.54) is 12.1 Å². The number of ether oxygens (including phenoxy) is 2. The van der Waals surface area contributed by atoms with Gasteiger partial charge in [-0.25, -0.2) is 4.79 Å². The van der Waals surface area contributed by atoms with Gasteiger partial charge in [0.2, 0.25) is 0 Å². The summed E-state index contributed by atoms with van der Waals surface area (Å²) in [7, 11) is 0. The Morgan fingerprint density at radius 2 is 1.54 bits per heavy atom. The van der Waals surface area contributed by atoms with Crippen LogP contribution in [-0.4, -0.2) is 31.0 Å². The minimum atomic E-state index is -5.74. The minimum Gasteiger partial charge on any atom is -0.482 e. The van der Waals surface area contributed by atoms with Crippen molar-refractivity contribution in [2.45, 2.75) is 44.6 Å². The molecule has 1 rings (SSSR count). The van der Waals surface area contributed by atoms with Crippen LogP contribution in [0.5, 0.6) is 5.75 Å². The molecule has 0 heterocycles. The summed E-state index contributed by atoms with van der Waals surface area (Å²) in [5.74, 6) is -1.35. The van der Waals surface area contributed by atoms with E-state index in [-0.39, 0.29) is 11.7 Å². The first-order chi connectivity index (χ1) is 10.9. The van der Waals surface area contributed by atoms with Gasteiger partial charge in [-0.1, -0.05) is 26.0 Å². The van der Waals surface area contributed by atoms with Crippen LogP contribution >= 0.6 is 0 Å². The number of hydrogen-bond donors (Lipinski definition) is 0. The minimum absolute atomic E-state index is 0.134. The second-order valence-electron chi connectivity index (χ2n) is 5.12. The van der Waals surface area contributed by atoms with Crippen molar-refractivity contribution in [3.63, 3.8) is 0 Å². The smallest absolute Gasteiger partial charge is 0.434 e. The van der Waals surface area contributed by atoms with Crippen molar-refractivity contribution in [3.8, 4) is 5.75 Å². The normalized spacial score (nSPS) is 13.7. The van der Waals surface area contributed by atoms with E-state index in [0.717, 1.165) is 12.0 Å². The van der Waals surface area contributed by atoms with Crippen molar-refractivity contribution < 1.29 is 40.6 Å². The highest BCUT2D eigenvalue weighted by Crippen LogP contribution is 2.35. The summed E-state index contributed by atoms with van der Waals surface area (Å²) in [6.45, 7) is 2.91. The van der Waals surface area contributed by atoms with Gasteiger partial charge >= 0.3 is 18.3 Å². The number of hydrogen-bond acceptors (Lipinski definition) is 3. The van der Waals surface area contributed by atoms with E-state index < -0.39 is 31.0 Å². The SMILES string of the molecule is CCC(C)c1ccc(OCC(=O)OC(C(F)(F)F)C(F)(F)F)cc1. The van der Waals surface area contributed by atoms with Gasteiger partial charge in [-0.2, -0.15) is 26.3 Å². The maximum atomic E-state index is 12.3. The van der Waals surface area contributed by atoms with E-state index in [0.29, 0.717) is 0 Å². The Labute approximate surface area is 134 Å². The molecular weight excluding hydrogens is 342 g/mol. The van der Waals surface area contributed by atoms with Gasteiger partial charge in [0.05, 0.1) is 0 Å². The van der Waals surface area contributed by atoms with E-state index in [1.807, 2.05) is 13.8 Å². The Balaban J connectivity index is 2.62. The lowest BCUT2D eigenvalue weighted by Gasteiger charge is -2.22. The maximum Gasteiger partial charge on any atom is 0.434 e. The van der Waals surface area contributed by atoms with Crippen molar-refractivity contribution in [3.05, 3.63) is 29.8 Å².